The molecule has 0 saturated carbocycles. The third-order valence-electron chi connectivity index (χ3n) is 2.27. The van der Waals surface area contributed by atoms with E-state index in [2.05, 4.69) is 15.1 Å². The van der Waals surface area contributed by atoms with Crippen molar-refractivity contribution >= 4 is 23.5 Å². The van der Waals surface area contributed by atoms with Crippen molar-refractivity contribution in [2.45, 2.75) is 19.0 Å². The second-order valence-electron chi connectivity index (χ2n) is 3.29. The summed E-state index contributed by atoms with van der Waals surface area (Å²) in [6.07, 6.45) is 3.36. The van der Waals surface area contributed by atoms with E-state index in [1.807, 2.05) is 6.26 Å². The normalized spacial score (nSPS) is 10.8. The molecule has 90 valence electrons. The Morgan fingerprint density at radius 2 is 2.35 bits per heavy atom. The highest BCUT2D eigenvalue weighted by Gasteiger charge is 2.15. The van der Waals surface area contributed by atoms with Gasteiger partial charge >= 0.3 is 5.97 Å². The van der Waals surface area contributed by atoms with Crippen LogP contribution in [0.5, 0.6) is 0 Å². The summed E-state index contributed by atoms with van der Waals surface area (Å²) in [6.45, 7) is 3.89. The summed E-state index contributed by atoms with van der Waals surface area (Å²) >= 11 is 1.43. The topological polar surface area (TPSA) is 69.4 Å². The van der Waals surface area contributed by atoms with Gasteiger partial charge < -0.3 is 4.74 Å². The first-order valence-electron chi connectivity index (χ1n) is 5.10. The molecule has 0 bridgehead atoms. The number of aromatic nitrogens is 4. The van der Waals surface area contributed by atoms with Crippen LogP contribution in [0.4, 0.5) is 0 Å². The van der Waals surface area contributed by atoms with E-state index in [-0.39, 0.29) is 5.97 Å². The molecule has 0 N–H and O–H groups in total. The van der Waals surface area contributed by atoms with Gasteiger partial charge in [0.05, 0.1) is 17.9 Å². The van der Waals surface area contributed by atoms with Gasteiger partial charge in [-0.2, -0.15) is 9.50 Å². The van der Waals surface area contributed by atoms with Crippen LogP contribution in [0.3, 0.4) is 0 Å². The number of nitrogens with zero attached hydrogens (tertiary/aromatic N) is 4. The molecular formula is C10H12N4O2S. The fourth-order valence-corrected chi connectivity index (χ4v) is 1.76. The Balaban J connectivity index is 2.52. The molecule has 2 aromatic heterocycles. The van der Waals surface area contributed by atoms with Crippen molar-refractivity contribution in [2.75, 3.05) is 12.9 Å². The molecule has 2 rings (SSSR count). The molecule has 6 nitrogen and oxygen atoms in total. The lowest BCUT2D eigenvalue weighted by atomic mass is 10.2. The standard InChI is InChI=1S/C10H12N4O2S/c1-4-16-8(15)7-5-11-9-12-10(17-3)13-14(9)6(7)2/h5H,4H2,1-3H3. The van der Waals surface area contributed by atoms with E-state index in [1.165, 1.54) is 18.0 Å². The Bertz CT molecular complexity index is 567. The SMILES string of the molecule is CCOC(=O)c1cnc2nc(SC)nn2c1C. The van der Waals surface area contributed by atoms with Crippen LogP contribution in [-0.2, 0) is 4.74 Å². The van der Waals surface area contributed by atoms with Crippen LogP contribution in [0, 0.1) is 6.92 Å². The Hall–Kier alpha value is -1.63. The smallest absolute Gasteiger partial charge is 0.341 e. The summed E-state index contributed by atoms with van der Waals surface area (Å²) in [4.78, 5) is 19.9. The quantitative estimate of drug-likeness (QED) is 0.606. The number of esters is 1. The molecule has 0 amide bonds. The van der Waals surface area contributed by atoms with Crippen molar-refractivity contribution in [3.8, 4) is 0 Å². The molecule has 0 aliphatic heterocycles. The van der Waals surface area contributed by atoms with Crippen molar-refractivity contribution in [3.05, 3.63) is 17.5 Å². The molecule has 2 aromatic rings. The number of thioether (sulfide) groups is 1. The number of carbonyl (C=O) groups excluding carboxylic acids is 1. The van der Waals surface area contributed by atoms with E-state index in [9.17, 15) is 4.79 Å². The van der Waals surface area contributed by atoms with Crippen molar-refractivity contribution in [3.63, 3.8) is 0 Å². The first-order valence-corrected chi connectivity index (χ1v) is 6.33. The Morgan fingerprint density at radius 3 is 3.00 bits per heavy atom. The first kappa shape index (κ1) is 11.8. The number of ether oxygens (including phenoxy) is 1. The van der Waals surface area contributed by atoms with Gasteiger partial charge in [-0.25, -0.2) is 9.78 Å². The number of hydrogen-bond donors (Lipinski definition) is 0. The number of hydrogen-bond acceptors (Lipinski definition) is 6. The van der Waals surface area contributed by atoms with Gasteiger partial charge in [-0.05, 0) is 20.1 Å². The van der Waals surface area contributed by atoms with Gasteiger partial charge in [-0.1, -0.05) is 11.8 Å². The van der Waals surface area contributed by atoms with Crippen LogP contribution in [0.2, 0.25) is 0 Å². The number of carbonyl (C=O) groups is 1. The molecular weight excluding hydrogens is 240 g/mol. The third-order valence-corrected chi connectivity index (χ3v) is 2.80. The predicted octanol–water partition coefficient (Wildman–Crippen LogP) is 1.33. The fraction of sp³-hybridized carbons (Fsp3) is 0.400. The van der Waals surface area contributed by atoms with Crippen molar-refractivity contribution < 1.29 is 9.53 Å². The van der Waals surface area contributed by atoms with Gasteiger partial charge in [0.15, 0.2) is 0 Å². The maximum absolute atomic E-state index is 11.7. The van der Waals surface area contributed by atoms with Gasteiger partial charge in [-0.15, -0.1) is 5.10 Å². The molecule has 0 spiro atoms. The van der Waals surface area contributed by atoms with E-state index in [0.717, 1.165) is 0 Å². The molecule has 0 radical (unpaired) electrons. The maximum atomic E-state index is 11.7. The highest BCUT2D eigenvalue weighted by molar-refractivity contribution is 7.98. The number of aryl methyl sites for hydroxylation is 1. The van der Waals surface area contributed by atoms with E-state index < -0.39 is 0 Å². The zero-order valence-electron chi connectivity index (χ0n) is 9.80. The van der Waals surface area contributed by atoms with Crippen molar-refractivity contribution in [1.82, 2.24) is 19.6 Å². The molecule has 17 heavy (non-hydrogen) atoms. The third kappa shape index (κ3) is 2.10. The molecule has 2 heterocycles. The molecule has 7 heteroatoms. The van der Waals surface area contributed by atoms with Crippen LogP contribution < -0.4 is 0 Å². The molecule has 0 aromatic carbocycles. The predicted molar refractivity (Wildman–Crippen MR) is 63.3 cm³/mol. The van der Waals surface area contributed by atoms with Crippen LogP contribution >= 0.6 is 11.8 Å². The molecule has 0 saturated heterocycles. The average molecular weight is 252 g/mol. The minimum atomic E-state index is -0.388. The van der Waals surface area contributed by atoms with Crippen LogP contribution in [0.1, 0.15) is 23.0 Å². The summed E-state index contributed by atoms with van der Waals surface area (Å²) in [7, 11) is 0. The fourth-order valence-electron chi connectivity index (χ4n) is 1.42. The van der Waals surface area contributed by atoms with Crippen molar-refractivity contribution in [2.24, 2.45) is 0 Å². The Kier molecular flexibility index (Phi) is 3.28. The van der Waals surface area contributed by atoms with Gasteiger partial charge in [0.2, 0.25) is 5.16 Å². The number of fused-ring (bicyclic) bond motifs is 1. The zero-order chi connectivity index (χ0) is 12.4. The molecule has 0 atom stereocenters. The van der Waals surface area contributed by atoms with Crippen LogP contribution in [0.25, 0.3) is 5.78 Å². The summed E-state index contributed by atoms with van der Waals surface area (Å²) < 4.78 is 6.50. The van der Waals surface area contributed by atoms with Crippen LogP contribution in [-0.4, -0.2) is 38.4 Å². The lowest BCUT2D eigenvalue weighted by molar-refractivity contribution is 0.0524. The van der Waals surface area contributed by atoms with Crippen molar-refractivity contribution in [1.29, 1.82) is 0 Å². The second-order valence-corrected chi connectivity index (χ2v) is 4.06. The monoisotopic (exact) mass is 252 g/mol. The highest BCUT2D eigenvalue weighted by Crippen LogP contribution is 2.14. The van der Waals surface area contributed by atoms with Gasteiger partial charge in [0.1, 0.15) is 0 Å². The average Bonchev–Trinajstić information content (AvgIpc) is 2.73. The zero-order valence-corrected chi connectivity index (χ0v) is 10.6. The minimum absolute atomic E-state index is 0.337. The largest absolute Gasteiger partial charge is 0.462 e. The Labute approximate surface area is 102 Å². The van der Waals surface area contributed by atoms with E-state index in [4.69, 9.17) is 4.74 Å². The summed E-state index contributed by atoms with van der Waals surface area (Å²) in [5.41, 5.74) is 1.10. The number of rotatable bonds is 3. The molecule has 0 aliphatic carbocycles. The molecule has 0 fully saturated rings. The van der Waals surface area contributed by atoms with Gasteiger partial charge in [0, 0.05) is 6.20 Å². The van der Waals surface area contributed by atoms with E-state index in [0.29, 0.717) is 28.8 Å². The van der Waals surface area contributed by atoms with Gasteiger partial charge in [-0.3, -0.25) is 0 Å². The lowest BCUT2D eigenvalue weighted by Crippen LogP contribution is -2.11. The lowest BCUT2D eigenvalue weighted by Gasteiger charge is -2.05. The van der Waals surface area contributed by atoms with E-state index >= 15 is 0 Å². The minimum Gasteiger partial charge on any atom is -0.462 e. The molecule has 0 aliphatic rings. The summed E-state index contributed by atoms with van der Waals surface area (Å²) in [6, 6.07) is 0. The van der Waals surface area contributed by atoms with Gasteiger partial charge in [0.25, 0.3) is 5.78 Å². The van der Waals surface area contributed by atoms with Crippen LogP contribution in [0.15, 0.2) is 11.4 Å². The van der Waals surface area contributed by atoms with E-state index in [1.54, 1.807) is 18.4 Å². The molecule has 0 unspecified atom stereocenters. The summed E-state index contributed by atoms with van der Waals surface area (Å²) in [5.74, 6) is 0.0977. The first-order chi connectivity index (χ1) is 8.17. The maximum Gasteiger partial charge on any atom is 0.341 e. The highest BCUT2D eigenvalue weighted by atomic mass is 32.2. The summed E-state index contributed by atoms with van der Waals surface area (Å²) in [5, 5.41) is 4.86. The second kappa shape index (κ2) is 4.70. The Morgan fingerprint density at radius 1 is 1.59 bits per heavy atom.